The van der Waals surface area contributed by atoms with Gasteiger partial charge in [-0.2, -0.15) is 9.97 Å². The molecule has 2 aromatic rings. The van der Waals surface area contributed by atoms with Crippen LogP contribution >= 0.6 is 0 Å². The van der Waals surface area contributed by atoms with Gasteiger partial charge in [0.25, 0.3) is 0 Å². The normalized spacial score (nSPS) is 10.8. The fourth-order valence-electron chi connectivity index (χ4n) is 1.37. The molecule has 0 aliphatic heterocycles. The Kier molecular flexibility index (Phi) is 3.30. The molecule has 0 aliphatic rings. The van der Waals surface area contributed by atoms with Crippen molar-refractivity contribution in [2.75, 3.05) is 26.1 Å². The molecule has 10 heteroatoms. The highest BCUT2D eigenvalue weighted by Gasteiger charge is 2.14. The average Bonchev–Trinajstić information content (AvgIpc) is 2.66. The topological polar surface area (TPSA) is 138 Å². The lowest BCUT2D eigenvalue weighted by Crippen LogP contribution is -2.22. The summed E-state index contributed by atoms with van der Waals surface area (Å²) in [6, 6.07) is -0.0538. The first-order valence-corrected chi connectivity index (χ1v) is 4.89. The van der Waals surface area contributed by atoms with Crippen molar-refractivity contribution in [1.82, 2.24) is 19.7 Å². The number of nitrogens with one attached hydrogen (secondary N) is 1. The zero-order chi connectivity index (χ0) is 13.1. The molecule has 98 valence electrons. The number of aromatic amines is 1. The van der Waals surface area contributed by atoms with Crippen LogP contribution in [0.3, 0.4) is 0 Å². The second-order valence-electron chi connectivity index (χ2n) is 3.18. The first-order chi connectivity index (χ1) is 8.67. The molecule has 0 aromatic carbocycles. The van der Waals surface area contributed by atoms with E-state index < -0.39 is 5.69 Å². The number of H-pyrrole nitrogens is 1. The highest BCUT2D eigenvalue weighted by atomic mass is 17.1. The van der Waals surface area contributed by atoms with Gasteiger partial charge in [-0.25, -0.2) is 9.68 Å². The van der Waals surface area contributed by atoms with E-state index in [1.165, 1.54) is 7.11 Å². The van der Waals surface area contributed by atoms with Gasteiger partial charge in [0.2, 0.25) is 5.65 Å². The molecule has 0 unspecified atom stereocenters. The number of nitrogens with zero attached hydrogens (tertiary/aromatic N) is 3. The van der Waals surface area contributed by atoms with Crippen LogP contribution < -0.4 is 21.0 Å². The SMILES string of the molecule is COn1c(=O)[nH]c2c(N)nc(OCCOO)nc21. The van der Waals surface area contributed by atoms with Gasteiger partial charge in [-0.3, -0.25) is 10.2 Å². The van der Waals surface area contributed by atoms with Crippen LogP contribution in [0, 0.1) is 0 Å². The van der Waals surface area contributed by atoms with Gasteiger partial charge in [0, 0.05) is 0 Å². The minimum Gasteiger partial charge on any atom is -0.461 e. The quantitative estimate of drug-likeness (QED) is 0.339. The predicted molar refractivity (Wildman–Crippen MR) is 59.1 cm³/mol. The summed E-state index contributed by atoms with van der Waals surface area (Å²) in [4.78, 5) is 30.4. The van der Waals surface area contributed by atoms with E-state index in [1.54, 1.807) is 0 Å². The van der Waals surface area contributed by atoms with E-state index >= 15 is 0 Å². The van der Waals surface area contributed by atoms with Crippen LogP contribution in [0.2, 0.25) is 0 Å². The third-order valence-corrected chi connectivity index (χ3v) is 2.09. The maximum Gasteiger partial charge on any atom is 0.361 e. The lowest BCUT2D eigenvalue weighted by molar-refractivity contribution is -0.245. The standard InChI is InChI=1S/C8H11N5O5/c1-16-13-6-4(10-8(13)14)5(9)11-7(12-6)17-2-3-18-15/h15H,2-3H2,1H3,(H,10,14)(H2,9,11,12). The van der Waals surface area contributed by atoms with Crippen LogP contribution in [0.5, 0.6) is 6.01 Å². The molecule has 4 N–H and O–H groups in total. The Bertz CT molecular complexity index is 606. The monoisotopic (exact) mass is 257 g/mol. The Morgan fingerprint density at radius 3 is 2.89 bits per heavy atom. The summed E-state index contributed by atoms with van der Waals surface area (Å²) in [7, 11) is 1.31. The highest BCUT2D eigenvalue weighted by Crippen LogP contribution is 2.16. The fourth-order valence-corrected chi connectivity index (χ4v) is 1.37. The molecule has 0 fully saturated rings. The first kappa shape index (κ1) is 12.1. The van der Waals surface area contributed by atoms with Gasteiger partial charge in [0.15, 0.2) is 5.82 Å². The van der Waals surface area contributed by atoms with Gasteiger partial charge in [-0.15, -0.1) is 4.73 Å². The lowest BCUT2D eigenvalue weighted by Gasteiger charge is -2.04. The molecule has 0 bridgehead atoms. The van der Waals surface area contributed by atoms with Crippen molar-refractivity contribution in [3.63, 3.8) is 0 Å². The lowest BCUT2D eigenvalue weighted by atomic mass is 10.5. The summed E-state index contributed by atoms with van der Waals surface area (Å²) in [5.41, 5.74) is 5.54. The first-order valence-electron chi connectivity index (χ1n) is 4.89. The maximum atomic E-state index is 11.5. The molecule has 0 saturated carbocycles. The summed E-state index contributed by atoms with van der Waals surface area (Å²) in [6.45, 7) is -0.0192. The number of anilines is 1. The molecule has 0 amide bonds. The van der Waals surface area contributed by atoms with Gasteiger partial charge in [0.05, 0.1) is 0 Å². The van der Waals surface area contributed by atoms with Crippen LogP contribution in [-0.2, 0) is 4.89 Å². The molecule has 0 saturated heterocycles. The van der Waals surface area contributed by atoms with Crippen LogP contribution in [0.4, 0.5) is 5.82 Å². The number of hydrogen-bond acceptors (Lipinski definition) is 8. The molecular weight excluding hydrogens is 246 g/mol. The van der Waals surface area contributed by atoms with Crippen molar-refractivity contribution >= 4 is 17.0 Å². The van der Waals surface area contributed by atoms with E-state index in [0.29, 0.717) is 0 Å². The summed E-state index contributed by atoms with van der Waals surface area (Å²) in [5, 5.41) is 8.14. The van der Waals surface area contributed by atoms with E-state index in [2.05, 4.69) is 19.8 Å². The van der Waals surface area contributed by atoms with Crippen LogP contribution in [0.1, 0.15) is 0 Å². The molecular formula is C8H11N5O5. The van der Waals surface area contributed by atoms with E-state index in [1.807, 2.05) is 0 Å². The van der Waals surface area contributed by atoms with Crippen LogP contribution in [0.15, 0.2) is 4.79 Å². The number of imidazole rings is 1. The van der Waals surface area contributed by atoms with Crippen LogP contribution in [-0.4, -0.2) is 45.3 Å². The summed E-state index contributed by atoms with van der Waals surface area (Å²) >= 11 is 0. The predicted octanol–water partition coefficient (Wildman–Crippen LogP) is -1.37. The Morgan fingerprint density at radius 2 is 2.22 bits per heavy atom. The van der Waals surface area contributed by atoms with E-state index in [0.717, 1.165) is 4.73 Å². The molecule has 0 spiro atoms. The number of aromatic nitrogens is 4. The Hall–Kier alpha value is -2.33. The largest absolute Gasteiger partial charge is 0.461 e. The minimum absolute atomic E-state index is 0.0308. The number of hydrogen-bond donors (Lipinski definition) is 3. The molecule has 18 heavy (non-hydrogen) atoms. The second-order valence-corrected chi connectivity index (χ2v) is 3.18. The maximum absolute atomic E-state index is 11.5. The van der Waals surface area contributed by atoms with E-state index in [-0.39, 0.29) is 36.2 Å². The van der Waals surface area contributed by atoms with E-state index in [4.69, 9.17) is 20.6 Å². The second kappa shape index (κ2) is 4.89. The number of fused-ring (bicyclic) bond motifs is 1. The van der Waals surface area contributed by atoms with Crippen molar-refractivity contribution < 1.29 is 19.7 Å². The van der Waals surface area contributed by atoms with Crippen molar-refractivity contribution in [2.45, 2.75) is 0 Å². The molecule has 0 atom stereocenters. The fraction of sp³-hybridized carbons (Fsp3) is 0.375. The van der Waals surface area contributed by atoms with Crippen molar-refractivity contribution in [1.29, 1.82) is 0 Å². The zero-order valence-electron chi connectivity index (χ0n) is 9.41. The van der Waals surface area contributed by atoms with Crippen LogP contribution in [0.25, 0.3) is 11.2 Å². The zero-order valence-corrected chi connectivity index (χ0v) is 9.41. The molecule has 2 heterocycles. The minimum atomic E-state index is -0.524. The summed E-state index contributed by atoms with van der Waals surface area (Å²) in [6.07, 6.45) is 0. The Balaban J connectivity index is 2.43. The molecule has 2 aromatic heterocycles. The van der Waals surface area contributed by atoms with Crippen molar-refractivity contribution in [3.8, 4) is 6.01 Å². The molecule has 10 nitrogen and oxygen atoms in total. The van der Waals surface area contributed by atoms with Crippen molar-refractivity contribution in [2.24, 2.45) is 0 Å². The van der Waals surface area contributed by atoms with E-state index in [9.17, 15) is 4.79 Å². The number of ether oxygens (including phenoxy) is 1. The molecule has 0 aliphatic carbocycles. The Labute approximate surface area is 99.8 Å². The molecule has 2 rings (SSSR count). The Morgan fingerprint density at radius 1 is 1.44 bits per heavy atom. The smallest absolute Gasteiger partial charge is 0.361 e. The average molecular weight is 257 g/mol. The third-order valence-electron chi connectivity index (χ3n) is 2.09. The summed E-state index contributed by atoms with van der Waals surface area (Å²) < 4.78 is 5.99. The third kappa shape index (κ3) is 2.06. The van der Waals surface area contributed by atoms with Crippen molar-refractivity contribution in [3.05, 3.63) is 10.5 Å². The van der Waals surface area contributed by atoms with Gasteiger partial charge in [0.1, 0.15) is 25.8 Å². The highest BCUT2D eigenvalue weighted by molar-refractivity contribution is 5.81. The van der Waals surface area contributed by atoms with Gasteiger partial charge in [-0.1, -0.05) is 0 Å². The number of rotatable bonds is 5. The molecule has 0 radical (unpaired) electrons. The van der Waals surface area contributed by atoms with Gasteiger partial charge in [-0.05, 0) is 0 Å². The van der Waals surface area contributed by atoms with Gasteiger partial charge < -0.3 is 15.3 Å². The van der Waals surface area contributed by atoms with Gasteiger partial charge >= 0.3 is 11.7 Å². The number of nitrogens with two attached hydrogens (primary N) is 1. The summed E-state index contributed by atoms with van der Waals surface area (Å²) in [5.74, 6) is 0.0489. The number of nitrogen functional groups attached to an aromatic ring is 1.